The first kappa shape index (κ1) is 55.1. The molecule has 1 aliphatic carbocycles. The van der Waals surface area contributed by atoms with Gasteiger partial charge < -0.3 is 30.1 Å². The Morgan fingerprint density at radius 3 is 1.84 bits per heavy atom. The van der Waals surface area contributed by atoms with Crippen molar-refractivity contribution in [1.29, 1.82) is 5.26 Å². The van der Waals surface area contributed by atoms with E-state index in [1.54, 1.807) is 14.0 Å². The number of hydrogen-bond donors (Lipinski definition) is 3. The van der Waals surface area contributed by atoms with Crippen LogP contribution in [0.15, 0.2) is 0 Å². The zero-order chi connectivity index (χ0) is 47.4. The van der Waals surface area contributed by atoms with Crippen LogP contribution in [0.4, 0.5) is 0 Å². The van der Waals surface area contributed by atoms with Crippen LogP contribution in [-0.4, -0.2) is 120 Å². The van der Waals surface area contributed by atoms with Crippen molar-refractivity contribution in [2.75, 3.05) is 21.1 Å². The predicted octanol–water partition coefficient (Wildman–Crippen LogP) is 6.03. The van der Waals surface area contributed by atoms with Gasteiger partial charge in [0.1, 0.15) is 24.2 Å². The second kappa shape index (κ2) is 27.3. The van der Waals surface area contributed by atoms with E-state index in [4.69, 9.17) is 4.74 Å². The van der Waals surface area contributed by atoms with Crippen molar-refractivity contribution >= 4 is 41.8 Å². The maximum atomic E-state index is 14.8. The van der Waals surface area contributed by atoms with E-state index in [9.17, 15) is 38.8 Å². The summed E-state index contributed by atoms with van der Waals surface area (Å²) in [6.45, 7) is 15.2. The van der Waals surface area contributed by atoms with Gasteiger partial charge in [-0.3, -0.25) is 34.1 Å². The van der Waals surface area contributed by atoms with E-state index in [-0.39, 0.29) is 62.2 Å². The number of aldehydes is 1. The number of likely N-dealkylation sites (N-methyl/N-ethyl adjacent to an activating group) is 3. The lowest BCUT2D eigenvalue weighted by molar-refractivity contribution is -0.164. The number of esters is 1. The third-order valence-corrected chi connectivity index (χ3v) is 13.3. The molecule has 3 N–H and O–H groups in total. The van der Waals surface area contributed by atoms with Gasteiger partial charge in [-0.05, 0) is 62.7 Å². The van der Waals surface area contributed by atoms with Crippen LogP contribution in [0.25, 0.3) is 0 Å². The monoisotopic (exact) mass is 886 g/mol. The molecule has 0 aromatic rings. The van der Waals surface area contributed by atoms with Gasteiger partial charge in [-0.25, -0.2) is 4.79 Å². The number of amides is 5. The predicted molar refractivity (Wildman–Crippen MR) is 243 cm³/mol. The number of nitrogens with zero attached hydrogens (tertiary/aromatic N) is 4. The average molecular weight is 886 g/mol. The molecule has 1 saturated heterocycles. The molecule has 358 valence electrons. The van der Waals surface area contributed by atoms with E-state index in [1.807, 2.05) is 33.8 Å². The Bertz CT molecular complexity index is 1550. The number of nitrogens with one attached hydrogen (secondary N) is 3. The number of cyclic esters (lactones) is 1. The Morgan fingerprint density at radius 1 is 0.794 bits per heavy atom. The topological polar surface area (TPSA) is 198 Å². The minimum atomic E-state index is -1.71. The molecular weight excluding hydrogens is 803 g/mol. The maximum Gasteiger partial charge on any atom is 0.329 e. The highest BCUT2D eigenvalue weighted by Crippen LogP contribution is 2.30. The molecule has 15 heteroatoms. The molecule has 0 aromatic heterocycles. The average Bonchev–Trinajstić information content (AvgIpc) is 3.26. The number of carbonyl (C=O) groups is 7. The van der Waals surface area contributed by atoms with Crippen molar-refractivity contribution in [2.24, 2.45) is 23.7 Å². The Kier molecular flexibility index (Phi) is 23.9. The zero-order valence-corrected chi connectivity index (χ0v) is 40.6. The third-order valence-electron chi connectivity index (χ3n) is 13.3. The number of unbranched alkanes of at least 4 members (excludes halogenated alkanes) is 2. The van der Waals surface area contributed by atoms with Crippen molar-refractivity contribution in [1.82, 2.24) is 30.7 Å². The fourth-order valence-corrected chi connectivity index (χ4v) is 9.12. The van der Waals surface area contributed by atoms with E-state index >= 15 is 0 Å². The smallest absolute Gasteiger partial charge is 0.329 e. The van der Waals surface area contributed by atoms with Crippen molar-refractivity contribution in [3.8, 4) is 6.07 Å². The summed E-state index contributed by atoms with van der Waals surface area (Å²) in [6.07, 6.45) is 10.2. The zero-order valence-electron chi connectivity index (χ0n) is 40.6. The summed E-state index contributed by atoms with van der Waals surface area (Å²) in [5.74, 6) is -3.72. The summed E-state index contributed by atoms with van der Waals surface area (Å²) < 4.78 is 5.80. The molecule has 15 nitrogen and oxygen atoms in total. The molecule has 2 fully saturated rings. The van der Waals surface area contributed by atoms with Gasteiger partial charge in [0.2, 0.25) is 23.6 Å². The van der Waals surface area contributed by atoms with Gasteiger partial charge in [-0.2, -0.15) is 5.26 Å². The Hall–Kier alpha value is -4.06. The van der Waals surface area contributed by atoms with Gasteiger partial charge in [0, 0.05) is 34.0 Å². The van der Waals surface area contributed by atoms with Crippen LogP contribution in [0.1, 0.15) is 171 Å². The lowest BCUT2D eigenvalue weighted by Gasteiger charge is -2.44. The van der Waals surface area contributed by atoms with Crippen molar-refractivity contribution in [2.45, 2.75) is 213 Å². The van der Waals surface area contributed by atoms with E-state index in [1.165, 1.54) is 35.7 Å². The standard InChI is InChI=1S/C48H83N7O8/c1-12-15-21-33(6)27-38-45(60)53(9)35(8)47(62)63-41(25-20-26-49)43(58)51-39(28-34(7)22-16-13-2)46(61)55(11)48(31-56,30-32(4)5)52-37(14-3)44(59)54(10)40(42(57)50-38)29-36-23-18-17-19-24-36/h31-41,52H,12-25,27-30H2,1-11H3,(H,50,57)(H,51,58)/t33-,34-,35+,37+,38+,39?,40+,41?,48-/m1/s1. The Morgan fingerprint density at radius 2 is 1.33 bits per heavy atom. The van der Waals surface area contributed by atoms with Gasteiger partial charge >= 0.3 is 5.97 Å². The SMILES string of the molecule is CCCC[C@@H](C)CC1NC(=O)C(CCC#N)OC(=O)[C@H](C)N(C)C(=O)[C@H](C[C@H](C)CCCC)NC(=O)[C@H](CC2CCCCC2)N(C)C(=O)[C@H](CC)N[C@](C=O)(CC(C)C)N(C)C1=O. The van der Waals surface area contributed by atoms with Crippen LogP contribution in [0.2, 0.25) is 0 Å². The Balaban J connectivity index is 2.89. The molecule has 63 heavy (non-hydrogen) atoms. The summed E-state index contributed by atoms with van der Waals surface area (Å²) >= 11 is 0. The van der Waals surface area contributed by atoms with Crippen LogP contribution in [0, 0.1) is 35.0 Å². The van der Waals surface area contributed by atoms with Crippen molar-refractivity contribution in [3.63, 3.8) is 0 Å². The molecule has 2 aliphatic rings. The number of carbonyl (C=O) groups excluding carboxylic acids is 7. The first-order chi connectivity index (χ1) is 29.8. The van der Waals surface area contributed by atoms with Gasteiger partial charge in [-0.1, -0.05) is 119 Å². The molecule has 1 aliphatic heterocycles. The minimum Gasteiger partial charge on any atom is -0.451 e. The second-order valence-electron chi connectivity index (χ2n) is 19.2. The number of hydrogen-bond acceptors (Lipinski definition) is 10. The lowest BCUT2D eigenvalue weighted by Crippen LogP contribution is -2.68. The Labute approximate surface area is 378 Å². The summed E-state index contributed by atoms with van der Waals surface area (Å²) in [4.78, 5) is 104. The van der Waals surface area contributed by atoms with Gasteiger partial charge in [0.25, 0.3) is 5.91 Å². The maximum absolute atomic E-state index is 14.8. The molecule has 5 amide bonds. The molecular formula is C48H83N7O8. The molecule has 0 aromatic carbocycles. The van der Waals surface area contributed by atoms with Gasteiger partial charge in [0.05, 0.1) is 12.1 Å². The highest BCUT2D eigenvalue weighted by Gasteiger charge is 2.45. The second-order valence-corrected chi connectivity index (χ2v) is 19.2. The fourth-order valence-electron chi connectivity index (χ4n) is 9.12. The molecule has 1 heterocycles. The van der Waals surface area contributed by atoms with Crippen LogP contribution < -0.4 is 16.0 Å². The van der Waals surface area contributed by atoms with Gasteiger partial charge in [0.15, 0.2) is 18.1 Å². The highest BCUT2D eigenvalue weighted by atomic mass is 16.5. The molecule has 0 spiro atoms. The molecule has 2 unspecified atom stereocenters. The van der Waals surface area contributed by atoms with Crippen molar-refractivity contribution < 1.29 is 38.3 Å². The number of rotatable bonds is 18. The van der Waals surface area contributed by atoms with Crippen molar-refractivity contribution in [3.05, 3.63) is 0 Å². The van der Waals surface area contributed by atoms with E-state index < -0.39 is 77.5 Å². The highest BCUT2D eigenvalue weighted by molar-refractivity contribution is 5.96. The third kappa shape index (κ3) is 16.5. The summed E-state index contributed by atoms with van der Waals surface area (Å²) in [7, 11) is 4.52. The van der Waals surface area contributed by atoms with E-state index in [0.717, 1.165) is 70.6 Å². The summed E-state index contributed by atoms with van der Waals surface area (Å²) in [5.41, 5.74) is -1.71. The molecule has 1 saturated carbocycles. The molecule has 2 rings (SSSR count). The van der Waals surface area contributed by atoms with Crippen LogP contribution in [-0.2, 0) is 38.3 Å². The minimum absolute atomic E-state index is 0.0269. The quantitative estimate of drug-likeness (QED) is 0.108. The number of nitriles is 1. The summed E-state index contributed by atoms with van der Waals surface area (Å²) in [6, 6.07) is -3.39. The molecule has 0 bridgehead atoms. The summed E-state index contributed by atoms with van der Waals surface area (Å²) in [5, 5.41) is 18.7. The normalized spacial score (nSPS) is 28.0. The number of ether oxygens (including phenoxy) is 1. The first-order valence-electron chi connectivity index (χ1n) is 24.0. The first-order valence-corrected chi connectivity index (χ1v) is 24.0. The molecule has 9 atom stereocenters. The van der Waals surface area contributed by atoms with Crippen LogP contribution in [0.3, 0.4) is 0 Å². The fraction of sp³-hybridized carbons (Fsp3) is 0.833. The van der Waals surface area contributed by atoms with E-state index in [0.29, 0.717) is 12.7 Å². The molecule has 0 radical (unpaired) electrons. The largest absolute Gasteiger partial charge is 0.451 e. The van der Waals surface area contributed by atoms with E-state index in [2.05, 4.69) is 29.8 Å². The van der Waals surface area contributed by atoms with Gasteiger partial charge in [-0.15, -0.1) is 0 Å². The van der Waals surface area contributed by atoms with Crippen LogP contribution >= 0.6 is 0 Å². The lowest BCUT2D eigenvalue weighted by atomic mass is 9.84. The van der Waals surface area contributed by atoms with Crippen LogP contribution in [0.5, 0.6) is 0 Å².